The van der Waals surface area contributed by atoms with Gasteiger partial charge in [-0.05, 0) is 24.5 Å². The van der Waals surface area contributed by atoms with Crippen molar-refractivity contribution in [2.45, 2.75) is 51.3 Å². The SMILES string of the molecule is COCc1c(-c2nc(-c3ccc(Cn4cccn4)cc3)no2)cnn1C1CCCCC1. The summed E-state index contributed by atoms with van der Waals surface area (Å²) in [4.78, 5) is 4.65. The molecule has 1 fully saturated rings. The number of hydrogen-bond acceptors (Lipinski definition) is 6. The van der Waals surface area contributed by atoms with E-state index < -0.39 is 0 Å². The molecule has 8 heteroatoms. The van der Waals surface area contributed by atoms with Gasteiger partial charge in [0.25, 0.3) is 5.89 Å². The molecule has 1 aliphatic carbocycles. The summed E-state index contributed by atoms with van der Waals surface area (Å²) in [5.41, 5.74) is 3.92. The number of methoxy groups -OCH3 is 1. The van der Waals surface area contributed by atoms with Gasteiger partial charge in [-0.3, -0.25) is 9.36 Å². The molecule has 0 saturated heterocycles. The molecule has 0 N–H and O–H groups in total. The molecule has 0 spiro atoms. The van der Waals surface area contributed by atoms with Crippen LogP contribution in [0.5, 0.6) is 0 Å². The first-order valence-corrected chi connectivity index (χ1v) is 10.8. The highest BCUT2D eigenvalue weighted by atomic mass is 16.5. The van der Waals surface area contributed by atoms with Gasteiger partial charge >= 0.3 is 0 Å². The van der Waals surface area contributed by atoms with Gasteiger partial charge in [-0.15, -0.1) is 0 Å². The summed E-state index contributed by atoms with van der Waals surface area (Å²) in [6, 6.07) is 10.5. The summed E-state index contributed by atoms with van der Waals surface area (Å²) in [5.74, 6) is 1.04. The van der Waals surface area contributed by atoms with Crippen molar-refractivity contribution in [3.8, 4) is 22.8 Å². The molecule has 0 unspecified atom stereocenters. The molecule has 0 amide bonds. The Labute approximate surface area is 180 Å². The van der Waals surface area contributed by atoms with E-state index in [2.05, 4.69) is 37.2 Å². The maximum Gasteiger partial charge on any atom is 0.261 e. The standard InChI is InChI=1S/C23H26N6O2/c1-30-16-21-20(14-25-29(21)19-6-3-2-4-7-19)23-26-22(27-31-23)18-10-8-17(9-11-18)15-28-13-5-12-24-28/h5,8-14,19H,2-4,6-7,15-16H2,1H3. The Hall–Kier alpha value is -3.26. The van der Waals surface area contributed by atoms with Crippen molar-refractivity contribution in [3.05, 3.63) is 60.2 Å². The molecule has 5 rings (SSSR count). The van der Waals surface area contributed by atoms with Gasteiger partial charge in [-0.2, -0.15) is 15.2 Å². The van der Waals surface area contributed by atoms with Crippen LogP contribution in [0.15, 0.2) is 53.4 Å². The van der Waals surface area contributed by atoms with Crippen molar-refractivity contribution in [3.63, 3.8) is 0 Å². The third kappa shape index (κ3) is 4.16. The Balaban J connectivity index is 1.38. The summed E-state index contributed by atoms with van der Waals surface area (Å²) >= 11 is 0. The highest BCUT2D eigenvalue weighted by molar-refractivity contribution is 5.61. The van der Waals surface area contributed by atoms with Crippen LogP contribution >= 0.6 is 0 Å². The molecule has 160 valence electrons. The fraction of sp³-hybridized carbons (Fsp3) is 0.391. The minimum atomic E-state index is 0.414. The van der Waals surface area contributed by atoms with Gasteiger partial charge in [-0.1, -0.05) is 48.7 Å². The van der Waals surface area contributed by atoms with Crippen LogP contribution in [0, 0.1) is 0 Å². The summed E-state index contributed by atoms with van der Waals surface area (Å²) < 4.78 is 15.1. The summed E-state index contributed by atoms with van der Waals surface area (Å²) in [7, 11) is 1.70. The molecule has 0 bridgehead atoms. The topological polar surface area (TPSA) is 83.8 Å². The van der Waals surface area contributed by atoms with E-state index in [1.165, 1.54) is 19.3 Å². The number of rotatable bonds is 7. The lowest BCUT2D eigenvalue weighted by Gasteiger charge is -2.24. The van der Waals surface area contributed by atoms with E-state index >= 15 is 0 Å². The molecule has 3 aromatic heterocycles. The average molecular weight is 419 g/mol. The van der Waals surface area contributed by atoms with Crippen molar-refractivity contribution in [2.24, 2.45) is 0 Å². The Morgan fingerprint density at radius 3 is 2.68 bits per heavy atom. The van der Waals surface area contributed by atoms with E-state index in [-0.39, 0.29) is 0 Å². The Bertz CT molecular complexity index is 1110. The Kier molecular flexibility index (Phi) is 5.62. The van der Waals surface area contributed by atoms with Crippen molar-refractivity contribution in [2.75, 3.05) is 7.11 Å². The Morgan fingerprint density at radius 2 is 1.94 bits per heavy atom. The van der Waals surface area contributed by atoms with Crippen LogP contribution in [0.3, 0.4) is 0 Å². The Morgan fingerprint density at radius 1 is 1.10 bits per heavy atom. The lowest BCUT2D eigenvalue weighted by Crippen LogP contribution is -2.17. The maximum atomic E-state index is 5.62. The third-order valence-corrected chi connectivity index (χ3v) is 5.87. The predicted molar refractivity (Wildman–Crippen MR) is 115 cm³/mol. The van der Waals surface area contributed by atoms with E-state index in [0.717, 1.165) is 41.8 Å². The molecule has 1 aromatic carbocycles. The summed E-state index contributed by atoms with van der Waals surface area (Å²) in [6.45, 7) is 1.19. The zero-order valence-corrected chi connectivity index (χ0v) is 17.6. The first kappa shape index (κ1) is 19.7. The summed E-state index contributed by atoms with van der Waals surface area (Å²) in [5, 5.41) is 13.1. The normalized spacial score (nSPS) is 14.9. The van der Waals surface area contributed by atoms with Gasteiger partial charge in [0.1, 0.15) is 0 Å². The fourth-order valence-electron chi connectivity index (χ4n) is 4.28. The van der Waals surface area contributed by atoms with Crippen LogP contribution in [-0.2, 0) is 17.9 Å². The average Bonchev–Trinajstić information content (AvgIpc) is 3.56. The van der Waals surface area contributed by atoms with Crippen molar-refractivity contribution >= 4 is 0 Å². The van der Waals surface area contributed by atoms with Gasteiger partial charge in [0.2, 0.25) is 5.82 Å². The number of benzene rings is 1. The predicted octanol–water partition coefficient (Wildman–Crippen LogP) is 4.50. The third-order valence-electron chi connectivity index (χ3n) is 5.87. The van der Waals surface area contributed by atoms with Crippen LogP contribution in [-0.4, -0.2) is 36.8 Å². The number of nitrogens with zero attached hydrogens (tertiary/aromatic N) is 6. The van der Waals surface area contributed by atoms with E-state index in [0.29, 0.717) is 24.4 Å². The number of hydrogen-bond donors (Lipinski definition) is 0. The molecule has 8 nitrogen and oxygen atoms in total. The highest BCUT2D eigenvalue weighted by Crippen LogP contribution is 2.33. The molecule has 0 aliphatic heterocycles. The molecule has 3 heterocycles. The van der Waals surface area contributed by atoms with E-state index in [4.69, 9.17) is 9.26 Å². The van der Waals surface area contributed by atoms with Crippen LogP contribution in [0.2, 0.25) is 0 Å². The van der Waals surface area contributed by atoms with Gasteiger partial charge in [-0.25, -0.2) is 0 Å². The second kappa shape index (κ2) is 8.85. The van der Waals surface area contributed by atoms with Crippen LogP contribution < -0.4 is 0 Å². The molecule has 1 saturated carbocycles. The zero-order chi connectivity index (χ0) is 21.0. The van der Waals surface area contributed by atoms with Crippen LogP contribution in [0.1, 0.15) is 49.4 Å². The molecule has 0 atom stereocenters. The van der Waals surface area contributed by atoms with Gasteiger partial charge in [0.05, 0.1) is 36.6 Å². The minimum Gasteiger partial charge on any atom is -0.378 e. The van der Waals surface area contributed by atoms with Gasteiger partial charge in [0, 0.05) is 25.1 Å². The lowest BCUT2D eigenvalue weighted by atomic mass is 9.95. The maximum absolute atomic E-state index is 5.62. The van der Waals surface area contributed by atoms with Gasteiger partial charge in [0.15, 0.2) is 0 Å². The number of aromatic nitrogens is 6. The van der Waals surface area contributed by atoms with Crippen molar-refractivity contribution in [1.82, 2.24) is 29.7 Å². The molecule has 4 aromatic rings. The zero-order valence-electron chi connectivity index (χ0n) is 17.6. The molecule has 1 aliphatic rings. The van der Waals surface area contributed by atoms with Crippen molar-refractivity contribution < 1.29 is 9.26 Å². The quantitative estimate of drug-likeness (QED) is 0.439. The number of ether oxygens (including phenoxy) is 1. The first-order valence-electron chi connectivity index (χ1n) is 10.8. The van der Waals surface area contributed by atoms with Crippen LogP contribution in [0.4, 0.5) is 0 Å². The largest absolute Gasteiger partial charge is 0.378 e. The van der Waals surface area contributed by atoms with Gasteiger partial charge < -0.3 is 9.26 Å². The van der Waals surface area contributed by atoms with Crippen molar-refractivity contribution in [1.29, 1.82) is 0 Å². The second-order valence-corrected chi connectivity index (χ2v) is 8.00. The van der Waals surface area contributed by atoms with E-state index in [1.807, 2.05) is 35.3 Å². The first-order chi connectivity index (χ1) is 15.3. The molecule has 31 heavy (non-hydrogen) atoms. The minimum absolute atomic E-state index is 0.414. The highest BCUT2D eigenvalue weighted by Gasteiger charge is 2.24. The monoisotopic (exact) mass is 418 g/mol. The van der Waals surface area contributed by atoms with E-state index in [1.54, 1.807) is 13.3 Å². The smallest absolute Gasteiger partial charge is 0.261 e. The molecule has 0 radical (unpaired) electrons. The molecular weight excluding hydrogens is 392 g/mol. The fourth-order valence-corrected chi connectivity index (χ4v) is 4.28. The second-order valence-electron chi connectivity index (χ2n) is 8.00. The molecular formula is C23H26N6O2. The van der Waals surface area contributed by atoms with Crippen LogP contribution in [0.25, 0.3) is 22.8 Å². The van der Waals surface area contributed by atoms with E-state index in [9.17, 15) is 0 Å². The lowest BCUT2D eigenvalue weighted by molar-refractivity contribution is 0.171. The summed E-state index contributed by atoms with van der Waals surface area (Å²) in [6.07, 6.45) is 11.6.